The lowest BCUT2D eigenvalue weighted by Crippen LogP contribution is -2.53. The molecular formula is C55H62FN13O5. The molecule has 3 aromatic carbocycles. The molecule has 0 bridgehead atoms. The van der Waals surface area contributed by atoms with E-state index in [0.717, 1.165) is 101 Å². The first-order chi connectivity index (χ1) is 36.1. The molecule has 1 N–H and O–H groups in total. The third kappa shape index (κ3) is 11.3. The normalized spacial score (nSPS) is 19.2. The molecule has 0 saturated carbocycles. The van der Waals surface area contributed by atoms with Crippen LogP contribution in [0.15, 0.2) is 96.3 Å². The van der Waals surface area contributed by atoms with Gasteiger partial charge < -0.3 is 24.3 Å². The highest BCUT2D eigenvalue weighted by atomic mass is 19.1. The maximum absolute atomic E-state index is 15.1. The van der Waals surface area contributed by atoms with Gasteiger partial charge in [-0.25, -0.2) is 19.5 Å². The van der Waals surface area contributed by atoms with Crippen molar-refractivity contribution in [3.8, 4) is 11.6 Å². The molecule has 18 nitrogen and oxygen atoms in total. The Labute approximate surface area is 429 Å². The molecule has 5 aliphatic heterocycles. The number of aromatic nitrogens is 6. The lowest BCUT2D eigenvalue weighted by molar-refractivity contribution is -0.134. The number of benzene rings is 3. The maximum atomic E-state index is 15.1. The number of carbonyl (C=O) groups is 3. The monoisotopic (exact) mass is 1000 g/mol. The van der Waals surface area contributed by atoms with Gasteiger partial charge in [-0.1, -0.05) is 36.4 Å². The van der Waals surface area contributed by atoms with Gasteiger partial charge in [0.25, 0.3) is 11.5 Å². The molecule has 3 amide bonds. The Balaban J connectivity index is 0.594. The fourth-order valence-electron chi connectivity index (χ4n) is 11.4. The molecule has 4 fully saturated rings. The maximum Gasteiger partial charge on any atom is 0.272 e. The number of piperidine rings is 2. The summed E-state index contributed by atoms with van der Waals surface area (Å²) in [5.74, 6) is 1.15. The van der Waals surface area contributed by atoms with Crippen LogP contribution in [0.3, 0.4) is 0 Å². The van der Waals surface area contributed by atoms with Crippen LogP contribution in [0.4, 0.5) is 10.1 Å². The van der Waals surface area contributed by atoms with Gasteiger partial charge >= 0.3 is 0 Å². The van der Waals surface area contributed by atoms with Crippen molar-refractivity contribution in [3.63, 3.8) is 0 Å². The largest absolute Gasteiger partial charge is 0.437 e. The average Bonchev–Trinajstić information content (AvgIpc) is 3.85. The zero-order valence-corrected chi connectivity index (χ0v) is 41.7. The van der Waals surface area contributed by atoms with Crippen molar-refractivity contribution in [1.82, 2.24) is 59.8 Å². The molecule has 0 spiro atoms. The zero-order chi connectivity index (χ0) is 50.5. The molecule has 74 heavy (non-hydrogen) atoms. The molecule has 0 unspecified atom stereocenters. The van der Waals surface area contributed by atoms with Crippen LogP contribution >= 0.6 is 0 Å². The van der Waals surface area contributed by atoms with Gasteiger partial charge in [0.05, 0.1) is 47.3 Å². The Bertz CT molecular complexity index is 3040. The van der Waals surface area contributed by atoms with E-state index in [0.29, 0.717) is 105 Å². The van der Waals surface area contributed by atoms with Gasteiger partial charge in [-0.3, -0.25) is 33.9 Å². The van der Waals surface area contributed by atoms with Gasteiger partial charge in [0.1, 0.15) is 17.9 Å². The number of likely N-dealkylation sites (tertiary alicyclic amines) is 2. The number of rotatable bonds is 13. The van der Waals surface area contributed by atoms with Crippen LogP contribution in [0, 0.1) is 11.7 Å². The number of carbonyl (C=O) groups excluding carboxylic acids is 3. The Hall–Kier alpha value is -7.22. The standard InChI is InChI=1S/C55H62FN13O5/c56-48-11-10-39(26-49-45-8-1-2-9-46(45)54(72)62-60-49)25-47(48)55(73)68-23-21-67(22-24-68)52(70)35-63-15-12-38(13-16-63)31-64-17-19-66(20-18-64)43-28-51(61-59-30-43)74-44-7-3-5-40(27-44)41-6-4-14-69(33-41)53(71)36-65-32-42-29-57-37-58-50(42)34-65/h1-3,5,7-11,25,27-30,37-38,41H,4,6,12-24,26,31-36H2,(H,62,72)/t41-/m1/s1. The van der Waals surface area contributed by atoms with Gasteiger partial charge in [0.2, 0.25) is 17.7 Å². The van der Waals surface area contributed by atoms with E-state index in [1.165, 1.54) is 6.07 Å². The average molecular weight is 1000 g/mol. The van der Waals surface area contributed by atoms with Crippen LogP contribution < -0.4 is 15.2 Å². The molecule has 5 aliphatic rings. The minimum Gasteiger partial charge on any atom is -0.437 e. The molecule has 6 aromatic rings. The van der Waals surface area contributed by atoms with E-state index in [1.54, 1.807) is 41.7 Å². The van der Waals surface area contributed by atoms with E-state index in [4.69, 9.17) is 4.74 Å². The number of aromatic amines is 1. The van der Waals surface area contributed by atoms with Crippen molar-refractivity contribution in [2.24, 2.45) is 5.92 Å². The topological polar surface area (TPSA) is 180 Å². The summed E-state index contributed by atoms with van der Waals surface area (Å²) >= 11 is 0. The van der Waals surface area contributed by atoms with Crippen LogP contribution in [-0.2, 0) is 29.1 Å². The fourth-order valence-corrected chi connectivity index (χ4v) is 11.4. The number of H-pyrrole nitrogens is 1. The SMILES string of the molecule is O=C(CN1CCC(CN2CCN(c3cnnc(Oc4cccc([C@@H]5CCCN(C(=O)CN6Cc7cncnc7C6)C5)c4)c3)CC2)CC1)N1CCN(C(=O)c2cc(Cc3n[nH]c(=O)c4ccccc34)ccc2F)CC1. The summed E-state index contributed by atoms with van der Waals surface area (Å²) in [6.45, 7) is 11.4. The molecule has 3 aromatic heterocycles. The minimum absolute atomic E-state index is 0.0122. The third-order valence-corrected chi connectivity index (χ3v) is 15.6. The smallest absolute Gasteiger partial charge is 0.272 e. The van der Waals surface area contributed by atoms with Crippen molar-refractivity contribution >= 4 is 34.2 Å². The van der Waals surface area contributed by atoms with Crippen molar-refractivity contribution < 1.29 is 23.5 Å². The number of hydrogen-bond donors (Lipinski definition) is 1. The second-order valence-electron chi connectivity index (χ2n) is 20.5. The van der Waals surface area contributed by atoms with Crippen molar-refractivity contribution in [1.29, 1.82) is 0 Å². The Morgan fingerprint density at radius 2 is 1.51 bits per heavy atom. The number of fused-ring (bicyclic) bond motifs is 2. The molecule has 8 heterocycles. The summed E-state index contributed by atoms with van der Waals surface area (Å²) in [4.78, 5) is 76.0. The summed E-state index contributed by atoms with van der Waals surface area (Å²) in [5, 5.41) is 16.6. The van der Waals surface area contributed by atoms with Gasteiger partial charge in [-0.15, -0.1) is 5.10 Å². The van der Waals surface area contributed by atoms with Crippen molar-refractivity contribution in [2.45, 2.75) is 51.1 Å². The quantitative estimate of drug-likeness (QED) is 0.170. The summed E-state index contributed by atoms with van der Waals surface area (Å²) in [6, 6.07) is 21.8. The van der Waals surface area contributed by atoms with Crippen LogP contribution in [0.2, 0.25) is 0 Å². The van der Waals surface area contributed by atoms with Gasteiger partial charge in [-0.05, 0) is 86.1 Å². The summed E-state index contributed by atoms with van der Waals surface area (Å²) in [6.07, 6.45) is 9.57. The fraction of sp³-hybridized carbons (Fsp3) is 0.436. The highest BCUT2D eigenvalue weighted by Gasteiger charge is 2.32. The number of nitrogens with one attached hydrogen (secondary N) is 1. The molecule has 0 aliphatic carbocycles. The van der Waals surface area contributed by atoms with Crippen LogP contribution in [0.5, 0.6) is 11.6 Å². The predicted molar refractivity (Wildman–Crippen MR) is 275 cm³/mol. The first-order valence-corrected chi connectivity index (χ1v) is 26.1. The highest BCUT2D eigenvalue weighted by Crippen LogP contribution is 2.32. The molecule has 0 radical (unpaired) electrons. The Morgan fingerprint density at radius 1 is 0.730 bits per heavy atom. The second-order valence-corrected chi connectivity index (χ2v) is 20.5. The number of piperazine rings is 2. The molecule has 19 heteroatoms. The summed E-state index contributed by atoms with van der Waals surface area (Å²) in [5.41, 5.74) is 5.28. The first kappa shape index (κ1) is 49.0. The zero-order valence-electron chi connectivity index (χ0n) is 41.7. The lowest BCUT2D eigenvalue weighted by atomic mass is 9.90. The number of anilines is 1. The van der Waals surface area contributed by atoms with Gasteiger partial charge in [0.15, 0.2) is 0 Å². The van der Waals surface area contributed by atoms with E-state index < -0.39 is 11.7 Å². The molecule has 384 valence electrons. The molecule has 11 rings (SSSR count). The predicted octanol–water partition coefficient (Wildman–Crippen LogP) is 4.57. The second kappa shape index (κ2) is 22.1. The van der Waals surface area contributed by atoms with Crippen molar-refractivity contribution in [3.05, 3.63) is 141 Å². The number of hydrogen-bond acceptors (Lipinski definition) is 14. The first-order valence-electron chi connectivity index (χ1n) is 26.1. The molecular weight excluding hydrogens is 942 g/mol. The number of ether oxygens (including phenoxy) is 1. The minimum atomic E-state index is -0.596. The highest BCUT2D eigenvalue weighted by molar-refractivity contribution is 5.95. The summed E-state index contributed by atoms with van der Waals surface area (Å²) in [7, 11) is 0. The van der Waals surface area contributed by atoms with E-state index >= 15 is 4.39 Å². The molecule has 1 atom stereocenters. The number of amides is 3. The number of nitrogens with zero attached hydrogens (tertiary/aromatic N) is 12. The molecule has 4 saturated heterocycles. The van der Waals surface area contributed by atoms with E-state index in [9.17, 15) is 19.2 Å². The van der Waals surface area contributed by atoms with E-state index in [1.807, 2.05) is 46.3 Å². The van der Waals surface area contributed by atoms with Crippen LogP contribution in [0.25, 0.3) is 10.8 Å². The Kier molecular flexibility index (Phi) is 14.6. The van der Waals surface area contributed by atoms with Crippen LogP contribution in [-0.4, -0.2) is 176 Å². The number of halogens is 1. The van der Waals surface area contributed by atoms with E-state index in [2.05, 4.69) is 62.1 Å². The Morgan fingerprint density at radius 3 is 2.34 bits per heavy atom. The lowest BCUT2D eigenvalue weighted by Gasteiger charge is -2.40. The van der Waals surface area contributed by atoms with E-state index in [-0.39, 0.29) is 28.9 Å². The summed E-state index contributed by atoms with van der Waals surface area (Å²) < 4.78 is 21.4. The van der Waals surface area contributed by atoms with Gasteiger partial charge in [-0.2, -0.15) is 10.2 Å². The third-order valence-electron chi connectivity index (χ3n) is 15.6. The van der Waals surface area contributed by atoms with Crippen molar-refractivity contribution in [2.75, 3.05) is 103 Å². The van der Waals surface area contributed by atoms with Gasteiger partial charge in [0, 0.05) is 121 Å². The van der Waals surface area contributed by atoms with Crippen LogP contribution in [0.1, 0.15) is 70.0 Å².